The van der Waals surface area contributed by atoms with Crippen molar-refractivity contribution in [2.45, 2.75) is 58.3 Å². The Balaban J connectivity index is 0.00000561. The first kappa shape index (κ1) is 42.5. The molecule has 0 saturated heterocycles. The zero-order valence-electron chi connectivity index (χ0n) is 35.5. The predicted octanol–water partition coefficient (Wildman–Crippen LogP) is 7.88. The van der Waals surface area contributed by atoms with Gasteiger partial charge in [-0.05, 0) is 60.9 Å². The number of nitrogens with zero attached hydrogens (tertiary/aromatic N) is 7. The summed E-state index contributed by atoms with van der Waals surface area (Å²) in [6, 6.07) is 26.2. The molecule has 0 N–H and O–H groups in total. The molecule has 8 bridgehead atoms. The molecule has 6 aromatic rings. The largest absolute Gasteiger partial charge is 2.00 e. The second kappa shape index (κ2) is 20.1. The summed E-state index contributed by atoms with van der Waals surface area (Å²) in [5.74, 6) is 20.7. The standard InChI is InChI=1S/C53H48N7.Zn/c1-5-6-7-8-9-10-11-21-42-46-28-30-48(54-46)43(25-22-39-18-12-15-36-58(39)2)50-32-34-52(56-50)45(27-24-41-20-14-17-38-60(41)4)53-35-33-51(57-53)44(49-31-29-47(42)55-49)26-23-40-19-13-16-37-59(40)3;/h12-20,28-38H,5-11,21H2,1-4H3;/q+1;+2. The molecule has 0 radical (unpaired) electrons. The van der Waals surface area contributed by atoms with Crippen LogP contribution in [0.1, 0.15) is 114 Å². The van der Waals surface area contributed by atoms with Crippen LogP contribution < -0.4 is 23.7 Å². The number of aromatic nitrogens is 7. The van der Waals surface area contributed by atoms with E-state index < -0.39 is 0 Å². The first-order chi connectivity index (χ1) is 29.4. The molecule has 8 heteroatoms. The van der Waals surface area contributed by atoms with Crippen LogP contribution >= 0.6 is 0 Å². The molecule has 61 heavy (non-hydrogen) atoms. The summed E-state index contributed by atoms with van der Waals surface area (Å²) in [5, 5.41) is 0. The van der Waals surface area contributed by atoms with Gasteiger partial charge in [-0.1, -0.05) is 87.5 Å². The normalized spacial score (nSPS) is 11.1. The van der Waals surface area contributed by atoms with Gasteiger partial charge in [-0.2, -0.15) is 13.7 Å². The fraction of sp³-hybridized carbons (Fsp3) is 0.226. The van der Waals surface area contributed by atoms with Gasteiger partial charge in [0.2, 0.25) is 0 Å². The van der Waals surface area contributed by atoms with Crippen molar-refractivity contribution < 1.29 is 33.2 Å². The van der Waals surface area contributed by atoms with Gasteiger partial charge in [0.15, 0.2) is 18.6 Å². The van der Waals surface area contributed by atoms with Gasteiger partial charge < -0.3 is 9.97 Å². The monoisotopic (exact) mass is 846 g/mol. The van der Waals surface area contributed by atoms with Crippen LogP contribution in [0.15, 0.2) is 97.5 Å². The molecule has 0 amide bonds. The summed E-state index contributed by atoms with van der Waals surface area (Å²) in [5.41, 5.74) is 12.1. The summed E-state index contributed by atoms with van der Waals surface area (Å²) in [6.07, 6.45) is 23.6. The van der Waals surface area contributed by atoms with E-state index in [0.717, 1.165) is 86.7 Å². The van der Waals surface area contributed by atoms with Crippen molar-refractivity contribution in [1.82, 2.24) is 19.9 Å². The molecular formula is C53H48N7Zn+3. The number of rotatable bonds is 8. The molecule has 0 spiro atoms. The van der Waals surface area contributed by atoms with E-state index in [1.165, 1.54) is 32.1 Å². The number of aryl methyl sites for hydroxylation is 4. The van der Waals surface area contributed by atoms with Crippen LogP contribution in [0, 0.1) is 35.5 Å². The fourth-order valence-electron chi connectivity index (χ4n) is 7.38. The Labute approximate surface area is 372 Å². The first-order valence-corrected chi connectivity index (χ1v) is 20.9. The van der Waals surface area contributed by atoms with Crippen LogP contribution in [0.25, 0.3) is 46.4 Å². The Morgan fingerprint density at radius 2 is 0.820 bits per heavy atom. The van der Waals surface area contributed by atoms with E-state index >= 15 is 0 Å². The quantitative estimate of drug-likeness (QED) is 0.0677. The number of unbranched alkanes of at least 4 members (excludes halogenated alkanes) is 6. The van der Waals surface area contributed by atoms with E-state index in [1.807, 2.05) is 132 Å². The second-order valence-corrected chi connectivity index (χ2v) is 15.2. The Morgan fingerprint density at radius 1 is 0.443 bits per heavy atom. The van der Waals surface area contributed by atoms with Gasteiger partial charge in [0, 0.05) is 70.8 Å². The van der Waals surface area contributed by atoms with Gasteiger partial charge in [0.1, 0.15) is 21.1 Å². The Bertz CT molecular complexity index is 2960. The van der Waals surface area contributed by atoms with Crippen LogP contribution in [-0.2, 0) is 47.0 Å². The van der Waals surface area contributed by atoms with E-state index in [2.05, 4.69) is 66.7 Å². The number of hydrogen-bond donors (Lipinski definition) is 0. The van der Waals surface area contributed by atoms with Gasteiger partial charge in [-0.25, -0.2) is 9.97 Å². The third kappa shape index (κ3) is 10.0. The summed E-state index contributed by atoms with van der Waals surface area (Å²) < 4.78 is 6.04. The molecule has 0 saturated carbocycles. The molecule has 0 aromatic carbocycles. The number of pyridine rings is 3. The van der Waals surface area contributed by atoms with Crippen molar-refractivity contribution in [2.75, 3.05) is 0 Å². The van der Waals surface area contributed by atoms with Crippen molar-refractivity contribution in [1.29, 1.82) is 0 Å². The molecule has 2 aliphatic heterocycles. The molecular weight excluding hydrogens is 800 g/mol. The molecule has 294 valence electrons. The van der Waals surface area contributed by atoms with E-state index in [9.17, 15) is 0 Å². The van der Waals surface area contributed by atoms with Gasteiger partial charge in [-0.3, -0.25) is 0 Å². The van der Waals surface area contributed by atoms with Gasteiger partial charge in [-0.15, -0.1) is 22.1 Å². The van der Waals surface area contributed by atoms with Crippen molar-refractivity contribution in [3.8, 4) is 35.5 Å². The third-order valence-electron chi connectivity index (χ3n) is 10.9. The van der Waals surface area contributed by atoms with Crippen LogP contribution in [0.5, 0.6) is 0 Å². The topological polar surface area (TPSA) is 65.6 Å². The molecule has 0 fully saturated rings. The molecule has 6 aromatic heterocycles. The summed E-state index contributed by atoms with van der Waals surface area (Å²) in [6.45, 7) is 2.26. The van der Waals surface area contributed by atoms with Crippen molar-refractivity contribution in [3.63, 3.8) is 0 Å². The minimum atomic E-state index is 0. The molecule has 0 unspecified atom stereocenters. The maximum absolute atomic E-state index is 5.31. The zero-order chi connectivity index (χ0) is 41.3. The van der Waals surface area contributed by atoms with Crippen molar-refractivity contribution in [2.24, 2.45) is 21.1 Å². The number of fused-ring (bicyclic) bond motifs is 8. The Kier molecular flexibility index (Phi) is 14.0. The molecule has 8 heterocycles. The van der Waals surface area contributed by atoms with Gasteiger partial charge >= 0.3 is 19.5 Å². The van der Waals surface area contributed by atoms with Crippen LogP contribution in [0.2, 0.25) is 0 Å². The van der Waals surface area contributed by atoms with E-state index in [1.54, 1.807) is 0 Å². The summed E-state index contributed by atoms with van der Waals surface area (Å²) >= 11 is 0. The smallest absolute Gasteiger partial charge is 0.656 e. The van der Waals surface area contributed by atoms with Gasteiger partial charge in [0.05, 0.1) is 22.8 Å². The average molecular weight is 848 g/mol. The van der Waals surface area contributed by atoms with Crippen LogP contribution in [0.4, 0.5) is 0 Å². The average Bonchev–Trinajstić information content (AvgIpc) is 4.11. The maximum atomic E-state index is 5.31. The summed E-state index contributed by atoms with van der Waals surface area (Å²) in [4.78, 5) is 21.1. The van der Waals surface area contributed by atoms with E-state index in [4.69, 9.17) is 19.9 Å². The molecule has 0 atom stereocenters. The molecule has 2 aliphatic rings. The van der Waals surface area contributed by atoms with Crippen molar-refractivity contribution >= 4 is 46.4 Å². The van der Waals surface area contributed by atoms with Crippen LogP contribution in [0.3, 0.4) is 0 Å². The minimum Gasteiger partial charge on any atom is -0.656 e. The fourth-order valence-corrected chi connectivity index (χ4v) is 7.38. The first-order valence-electron chi connectivity index (χ1n) is 20.9. The maximum Gasteiger partial charge on any atom is 2.00 e. The molecule has 7 nitrogen and oxygen atoms in total. The Morgan fingerprint density at radius 3 is 1.26 bits per heavy atom. The van der Waals surface area contributed by atoms with E-state index in [0.29, 0.717) is 16.8 Å². The van der Waals surface area contributed by atoms with Crippen LogP contribution in [-0.4, -0.2) is 9.97 Å². The predicted molar refractivity (Wildman–Crippen MR) is 239 cm³/mol. The SMILES string of the molecule is CCCCCCCCCc1c2nc(c(C#Cc3cccc[n+]3C)c3ccc([n-]3)c(C#Cc3cccc[n+]3C)c3nc(c(C#Cc4cccc[n+]4C)c4ccc1[n-]4)C=C3)C=C2.[Zn+2]. The molecule has 8 rings (SSSR count). The van der Waals surface area contributed by atoms with Gasteiger partial charge in [0.25, 0.3) is 17.1 Å². The minimum absolute atomic E-state index is 0. The zero-order valence-corrected chi connectivity index (χ0v) is 38.5. The third-order valence-corrected chi connectivity index (χ3v) is 10.9. The van der Waals surface area contributed by atoms with Crippen molar-refractivity contribution in [3.05, 3.63) is 160 Å². The van der Waals surface area contributed by atoms with E-state index in [-0.39, 0.29) is 19.5 Å². The second-order valence-electron chi connectivity index (χ2n) is 15.2. The number of hydrogen-bond acceptors (Lipinski definition) is 2. The Hall–Kier alpha value is -6.65. The molecule has 0 aliphatic carbocycles. The summed E-state index contributed by atoms with van der Waals surface area (Å²) in [7, 11) is 5.99.